The van der Waals surface area contributed by atoms with E-state index in [1.807, 2.05) is 13.8 Å². The number of aromatic nitrogens is 4. The van der Waals surface area contributed by atoms with Gasteiger partial charge in [0.1, 0.15) is 11.6 Å². The van der Waals surface area contributed by atoms with Crippen molar-refractivity contribution in [3.8, 4) is 17.1 Å². The Bertz CT molecular complexity index is 1130. The van der Waals surface area contributed by atoms with Crippen LogP contribution in [0.25, 0.3) is 16.9 Å². The Labute approximate surface area is 180 Å². The number of carbonyl (C=O) groups excluding carboxylic acids is 1. The number of carbonyl (C=O) groups is 1. The Kier molecular flexibility index (Phi) is 7.19. The van der Waals surface area contributed by atoms with Gasteiger partial charge in [0.25, 0.3) is 5.56 Å². The number of rotatable bonds is 10. The number of ketones is 1. The van der Waals surface area contributed by atoms with Crippen LogP contribution < -0.4 is 10.3 Å². The van der Waals surface area contributed by atoms with Crippen molar-refractivity contribution in [3.05, 3.63) is 45.6 Å². The summed E-state index contributed by atoms with van der Waals surface area (Å²) in [7, 11) is 1.77. The van der Waals surface area contributed by atoms with E-state index in [9.17, 15) is 9.59 Å². The second-order valence-corrected chi connectivity index (χ2v) is 7.46. The number of imidazole rings is 1. The number of likely N-dealkylation sites (N-methyl/N-ethyl adjacent to an activating group) is 1. The highest BCUT2D eigenvalue weighted by molar-refractivity contribution is 5.99. The standard InChI is InChI=1S/C22H29N5O4/c1-5-7-19-23-14(3)20-22(30)24-21(25-27(19)20)16-12-15(8-9-18(16)31-6-2)17(29)13-26(4)10-11-28/h8-9,12,28H,5-7,10-11,13H2,1-4H3,(H,24,25,30). The molecule has 0 aliphatic rings. The lowest BCUT2D eigenvalue weighted by atomic mass is 10.1. The number of ether oxygens (including phenoxy) is 1. The van der Waals surface area contributed by atoms with E-state index in [4.69, 9.17) is 9.84 Å². The van der Waals surface area contributed by atoms with Crippen LogP contribution in [0.2, 0.25) is 0 Å². The number of aromatic amines is 1. The van der Waals surface area contributed by atoms with Crippen LogP contribution in [-0.4, -0.2) is 68.7 Å². The Hall–Kier alpha value is -3.04. The number of nitrogens with one attached hydrogen (secondary N) is 1. The fourth-order valence-electron chi connectivity index (χ4n) is 3.50. The van der Waals surface area contributed by atoms with E-state index in [-0.39, 0.29) is 24.5 Å². The quantitative estimate of drug-likeness (QED) is 0.475. The molecule has 0 unspecified atom stereocenters. The van der Waals surface area contributed by atoms with Crippen LogP contribution in [0, 0.1) is 6.92 Å². The van der Waals surface area contributed by atoms with Crippen molar-refractivity contribution in [2.45, 2.75) is 33.6 Å². The number of nitrogens with zero attached hydrogens (tertiary/aromatic N) is 4. The molecule has 2 N–H and O–H groups in total. The molecule has 0 bridgehead atoms. The zero-order valence-corrected chi connectivity index (χ0v) is 18.4. The van der Waals surface area contributed by atoms with Crippen molar-refractivity contribution in [3.63, 3.8) is 0 Å². The number of aliphatic hydroxyl groups is 1. The van der Waals surface area contributed by atoms with Gasteiger partial charge in [-0.25, -0.2) is 9.50 Å². The third-order valence-corrected chi connectivity index (χ3v) is 4.97. The lowest BCUT2D eigenvalue weighted by molar-refractivity contribution is 0.0936. The van der Waals surface area contributed by atoms with E-state index in [0.717, 1.165) is 12.2 Å². The molecule has 0 spiro atoms. The maximum absolute atomic E-state index is 12.8. The van der Waals surface area contributed by atoms with E-state index < -0.39 is 0 Å². The fourth-order valence-corrected chi connectivity index (χ4v) is 3.50. The van der Waals surface area contributed by atoms with E-state index in [0.29, 0.717) is 53.5 Å². The maximum atomic E-state index is 12.8. The van der Waals surface area contributed by atoms with Gasteiger partial charge in [-0.1, -0.05) is 6.92 Å². The van der Waals surface area contributed by atoms with Gasteiger partial charge < -0.3 is 14.8 Å². The summed E-state index contributed by atoms with van der Waals surface area (Å²) < 4.78 is 7.33. The summed E-state index contributed by atoms with van der Waals surface area (Å²) in [5, 5.41) is 13.7. The molecule has 0 aliphatic carbocycles. The van der Waals surface area contributed by atoms with E-state index >= 15 is 0 Å². The molecule has 9 nitrogen and oxygen atoms in total. The van der Waals surface area contributed by atoms with Crippen molar-refractivity contribution in [1.82, 2.24) is 24.5 Å². The van der Waals surface area contributed by atoms with Crippen molar-refractivity contribution in [1.29, 1.82) is 0 Å². The fraction of sp³-hybridized carbons (Fsp3) is 0.455. The molecule has 3 rings (SSSR count). The van der Waals surface area contributed by atoms with Crippen LogP contribution in [0.1, 0.15) is 42.1 Å². The molecule has 0 saturated carbocycles. The van der Waals surface area contributed by atoms with Crippen molar-refractivity contribution < 1.29 is 14.6 Å². The summed E-state index contributed by atoms with van der Waals surface area (Å²) in [6, 6.07) is 5.10. The molecule has 0 radical (unpaired) electrons. The lowest BCUT2D eigenvalue weighted by Crippen LogP contribution is -2.28. The molecule has 166 valence electrons. The Morgan fingerprint density at radius 1 is 1.32 bits per heavy atom. The second kappa shape index (κ2) is 9.84. The smallest absolute Gasteiger partial charge is 0.277 e. The third-order valence-electron chi connectivity index (χ3n) is 4.97. The van der Waals surface area contributed by atoms with Crippen molar-refractivity contribution >= 4 is 11.3 Å². The lowest BCUT2D eigenvalue weighted by Gasteiger charge is -2.15. The number of hydrogen-bond acceptors (Lipinski definition) is 7. The normalized spacial score (nSPS) is 11.4. The zero-order chi connectivity index (χ0) is 22.5. The van der Waals surface area contributed by atoms with E-state index in [1.54, 1.807) is 41.6 Å². The van der Waals surface area contributed by atoms with Gasteiger partial charge in [-0.3, -0.25) is 14.5 Å². The molecule has 0 aliphatic heterocycles. The van der Waals surface area contributed by atoms with Crippen LogP contribution in [0.3, 0.4) is 0 Å². The molecule has 2 heterocycles. The second-order valence-electron chi connectivity index (χ2n) is 7.46. The zero-order valence-electron chi connectivity index (χ0n) is 18.4. The van der Waals surface area contributed by atoms with Gasteiger partial charge in [-0.05, 0) is 45.5 Å². The third kappa shape index (κ3) is 4.83. The first-order chi connectivity index (χ1) is 14.9. The molecule has 3 aromatic rings. The van der Waals surface area contributed by atoms with Crippen molar-refractivity contribution in [2.75, 3.05) is 33.4 Å². The summed E-state index contributed by atoms with van der Waals surface area (Å²) in [5.41, 5.74) is 1.76. The summed E-state index contributed by atoms with van der Waals surface area (Å²) in [6.45, 7) is 6.68. The average Bonchev–Trinajstić information content (AvgIpc) is 3.04. The SMILES string of the molecule is CCCc1nc(C)c2c(=O)[nH]c(-c3cc(C(=O)CN(C)CCO)ccc3OCC)nn12. The van der Waals surface area contributed by atoms with E-state index in [2.05, 4.69) is 15.1 Å². The van der Waals surface area contributed by atoms with Crippen LogP contribution in [0.4, 0.5) is 0 Å². The summed E-state index contributed by atoms with van der Waals surface area (Å²) in [4.78, 5) is 34.6. The molecule has 31 heavy (non-hydrogen) atoms. The van der Waals surface area contributed by atoms with Crippen molar-refractivity contribution in [2.24, 2.45) is 0 Å². The minimum Gasteiger partial charge on any atom is -0.493 e. The molecule has 0 atom stereocenters. The number of H-pyrrole nitrogens is 1. The first-order valence-electron chi connectivity index (χ1n) is 10.5. The number of aliphatic hydroxyl groups excluding tert-OH is 1. The number of hydrogen-bond donors (Lipinski definition) is 2. The molecule has 9 heteroatoms. The maximum Gasteiger partial charge on any atom is 0.277 e. The van der Waals surface area contributed by atoms with Crippen LogP contribution in [0.15, 0.2) is 23.0 Å². The van der Waals surface area contributed by atoms with Gasteiger partial charge >= 0.3 is 0 Å². The summed E-state index contributed by atoms with van der Waals surface area (Å²) in [6.07, 6.45) is 1.57. The van der Waals surface area contributed by atoms with Gasteiger partial charge in [0.15, 0.2) is 17.1 Å². The molecule has 2 aromatic heterocycles. The van der Waals surface area contributed by atoms with Gasteiger partial charge in [0, 0.05) is 18.5 Å². The molecular formula is C22H29N5O4. The number of aryl methyl sites for hydroxylation is 2. The topological polar surface area (TPSA) is 113 Å². The van der Waals surface area contributed by atoms with Crippen LogP contribution >= 0.6 is 0 Å². The molecule has 0 saturated heterocycles. The number of benzene rings is 1. The van der Waals surface area contributed by atoms with Crippen LogP contribution in [-0.2, 0) is 6.42 Å². The average molecular weight is 428 g/mol. The van der Waals surface area contributed by atoms with Gasteiger partial charge in [-0.15, -0.1) is 5.10 Å². The molecule has 0 fully saturated rings. The Morgan fingerprint density at radius 2 is 2.10 bits per heavy atom. The predicted molar refractivity (Wildman–Crippen MR) is 118 cm³/mol. The highest BCUT2D eigenvalue weighted by Gasteiger charge is 2.19. The van der Waals surface area contributed by atoms with Gasteiger partial charge in [0.05, 0.1) is 31.0 Å². The van der Waals surface area contributed by atoms with E-state index in [1.165, 1.54) is 0 Å². The Balaban J connectivity index is 2.11. The first kappa shape index (κ1) is 22.6. The number of Topliss-reactive ketones (excluding diaryl/α,β-unsaturated/α-hetero) is 1. The molecule has 0 amide bonds. The largest absolute Gasteiger partial charge is 0.493 e. The highest BCUT2D eigenvalue weighted by Crippen LogP contribution is 2.29. The predicted octanol–water partition coefficient (Wildman–Crippen LogP) is 1.85. The summed E-state index contributed by atoms with van der Waals surface area (Å²) >= 11 is 0. The van der Waals surface area contributed by atoms with Gasteiger partial charge in [-0.2, -0.15) is 0 Å². The van der Waals surface area contributed by atoms with Gasteiger partial charge in [0.2, 0.25) is 0 Å². The first-order valence-corrected chi connectivity index (χ1v) is 10.5. The Morgan fingerprint density at radius 3 is 2.77 bits per heavy atom. The highest BCUT2D eigenvalue weighted by atomic mass is 16.5. The number of fused-ring (bicyclic) bond motifs is 1. The summed E-state index contributed by atoms with van der Waals surface area (Å²) in [5.74, 6) is 1.46. The minimum absolute atomic E-state index is 0.0199. The molecular weight excluding hydrogens is 398 g/mol. The minimum atomic E-state index is -0.292. The van der Waals surface area contributed by atoms with Crippen LogP contribution in [0.5, 0.6) is 5.75 Å². The molecule has 1 aromatic carbocycles. The monoisotopic (exact) mass is 427 g/mol.